The molecule has 3 rings (SSSR count). The maximum absolute atomic E-state index is 13.4. The van der Waals surface area contributed by atoms with Crippen LogP contribution < -0.4 is 0 Å². The van der Waals surface area contributed by atoms with E-state index in [0.29, 0.717) is 6.42 Å². The highest BCUT2D eigenvalue weighted by Crippen LogP contribution is 2.55. The molecule has 0 aromatic carbocycles. The minimum absolute atomic E-state index is 0.0175. The number of Topliss-reactive ketones (excluding diaryl/α,β-unsaturated/α-hetero) is 1. The van der Waals surface area contributed by atoms with Gasteiger partial charge in [0.1, 0.15) is 5.60 Å². The second-order valence-electron chi connectivity index (χ2n) is 11.4. The first-order valence-electron chi connectivity index (χ1n) is 11.0. The van der Waals surface area contributed by atoms with Crippen molar-refractivity contribution in [2.45, 2.75) is 110 Å². The topological polar surface area (TPSA) is 46.5 Å². The number of allylic oxidation sites excluding steroid dienone is 2. The Labute approximate surface area is 172 Å². The number of aliphatic hydroxyl groups is 1. The van der Waals surface area contributed by atoms with Crippen LogP contribution in [0.3, 0.4) is 0 Å². The Kier molecular flexibility index (Phi) is 5.43. The van der Waals surface area contributed by atoms with E-state index in [1.807, 2.05) is 6.92 Å². The third-order valence-corrected chi connectivity index (χ3v) is 12.9. The molecule has 0 aliphatic heterocycles. The van der Waals surface area contributed by atoms with Crippen LogP contribution in [0.5, 0.6) is 0 Å². The number of carbonyl (C=O) groups excluding carboxylic acids is 1. The zero-order valence-corrected chi connectivity index (χ0v) is 20.2. The zero-order chi connectivity index (χ0) is 21.1. The van der Waals surface area contributed by atoms with Crippen molar-refractivity contribution in [2.75, 3.05) is 0 Å². The summed E-state index contributed by atoms with van der Waals surface area (Å²) in [7, 11) is -1.98. The summed E-state index contributed by atoms with van der Waals surface area (Å²) in [6.07, 6.45) is 7.90. The van der Waals surface area contributed by atoms with E-state index in [2.05, 4.69) is 53.8 Å². The third kappa shape index (κ3) is 3.29. The molecule has 3 aliphatic rings. The van der Waals surface area contributed by atoms with Gasteiger partial charge in [0.25, 0.3) is 0 Å². The molecule has 0 heterocycles. The predicted octanol–water partition coefficient (Wildman–Crippen LogP) is 5.94. The summed E-state index contributed by atoms with van der Waals surface area (Å²) in [5.41, 5.74) is 1.61. The van der Waals surface area contributed by atoms with Gasteiger partial charge in [0.2, 0.25) is 0 Å². The van der Waals surface area contributed by atoms with Crippen LogP contribution in [-0.4, -0.2) is 30.9 Å². The van der Waals surface area contributed by atoms with E-state index >= 15 is 0 Å². The van der Waals surface area contributed by atoms with Crippen molar-refractivity contribution in [1.29, 1.82) is 0 Å². The molecule has 0 saturated heterocycles. The minimum Gasteiger partial charge on any atom is -0.410 e. The molecule has 0 aromatic heterocycles. The van der Waals surface area contributed by atoms with Crippen LogP contribution in [0, 0.1) is 11.3 Å². The monoisotopic (exact) mass is 404 g/mol. The Morgan fingerprint density at radius 2 is 1.71 bits per heavy atom. The standard InChI is InChI=1S/C24H40O3Si/c1-16-13-20(27-28(7,8)22(2,3)4)19-14-17-11-9-10-12-18(17)15-21(25)24(16,26)23(19,5)6/h13,19-20,26H,9-12,14-15H2,1-8H3/t19-,20+,24+/m1/s1. The van der Waals surface area contributed by atoms with Crippen molar-refractivity contribution < 1.29 is 14.3 Å². The lowest BCUT2D eigenvalue weighted by atomic mass is 9.54. The molecular formula is C24H40O3Si. The molecule has 4 heteroatoms. The molecule has 0 aromatic rings. The second-order valence-corrected chi connectivity index (χ2v) is 16.2. The van der Waals surface area contributed by atoms with E-state index in [0.717, 1.165) is 31.3 Å². The van der Waals surface area contributed by atoms with Crippen molar-refractivity contribution in [3.8, 4) is 0 Å². The summed E-state index contributed by atoms with van der Waals surface area (Å²) in [4.78, 5) is 13.4. The fourth-order valence-electron chi connectivity index (χ4n) is 5.33. The molecule has 3 nitrogen and oxygen atoms in total. The Balaban J connectivity index is 2.11. The summed E-state index contributed by atoms with van der Waals surface area (Å²) in [5, 5.41) is 11.9. The van der Waals surface area contributed by atoms with Gasteiger partial charge in [-0.05, 0) is 68.7 Å². The lowest BCUT2D eigenvalue weighted by Crippen LogP contribution is -2.62. The maximum Gasteiger partial charge on any atom is 0.192 e. The highest BCUT2D eigenvalue weighted by atomic mass is 28.4. The molecular weight excluding hydrogens is 364 g/mol. The zero-order valence-electron chi connectivity index (χ0n) is 19.2. The molecule has 0 radical (unpaired) electrons. The van der Waals surface area contributed by atoms with Crippen LogP contribution >= 0.6 is 0 Å². The molecule has 3 aliphatic carbocycles. The van der Waals surface area contributed by atoms with Crippen molar-refractivity contribution in [3.63, 3.8) is 0 Å². The number of hydrogen-bond acceptors (Lipinski definition) is 3. The summed E-state index contributed by atoms with van der Waals surface area (Å²) in [5.74, 6) is 0.0961. The lowest BCUT2D eigenvalue weighted by molar-refractivity contribution is -0.155. The van der Waals surface area contributed by atoms with E-state index in [-0.39, 0.29) is 22.8 Å². The first-order chi connectivity index (χ1) is 12.7. The first-order valence-corrected chi connectivity index (χ1v) is 13.9. The maximum atomic E-state index is 13.4. The highest BCUT2D eigenvalue weighted by molar-refractivity contribution is 6.74. The largest absolute Gasteiger partial charge is 0.410 e. The quantitative estimate of drug-likeness (QED) is 0.457. The van der Waals surface area contributed by atoms with Crippen LogP contribution in [0.2, 0.25) is 18.1 Å². The minimum atomic E-state index is -1.98. The molecule has 2 bridgehead atoms. The van der Waals surface area contributed by atoms with Crippen molar-refractivity contribution in [1.82, 2.24) is 0 Å². The number of fused-ring (bicyclic) bond motifs is 2. The average molecular weight is 405 g/mol. The van der Waals surface area contributed by atoms with Gasteiger partial charge in [0.05, 0.1) is 6.10 Å². The van der Waals surface area contributed by atoms with E-state index in [4.69, 9.17) is 4.43 Å². The van der Waals surface area contributed by atoms with Gasteiger partial charge in [-0.15, -0.1) is 0 Å². The summed E-state index contributed by atoms with van der Waals surface area (Å²) in [6, 6.07) is 0. The smallest absolute Gasteiger partial charge is 0.192 e. The van der Waals surface area contributed by atoms with Gasteiger partial charge in [-0.25, -0.2) is 0 Å². The molecule has 0 spiro atoms. The molecule has 1 N–H and O–H groups in total. The first kappa shape index (κ1) is 22.0. The summed E-state index contributed by atoms with van der Waals surface area (Å²) in [6.45, 7) is 17.5. The number of rotatable bonds is 2. The van der Waals surface area contributed by atoms with E-state index in [1.54, 1.807) is 0 Å². The fraction of sp³-hybridized carbons (Fsp3) is 0.792. The second kappa shape index (κ2) is 6.92. The molecule has 0 fully saturated rings. The molecule has 0 unspecified atom stereocenters. The van der Waals surface area contributed by atoms with Crippen LogP contribution in [0.1, 0.15) is 80.1 Å². The van der Waals surface area contributed by atoms with Crippen LogP contribution in [0.4, 0.5) is 0 Å². The number of carbonyl (C=O) groups is 1. The van der Waals surface area contributed by atoms with E-state index < -0.39 is 19.3 Å². The third-order valence-electron chi connectivity index (χ3n) is 8.43. The molecule has 158 valence electrons. The Morgan fingerprint density at radius 3 is 2.29 bits per heavy atom. The van der Waals surface area contributed by atoms with E-state index in [9.17, 15) is 9.90 Å². The van der Waals surface area contributed by atoms with Crippen LogP contribution in [-0.2, 0) is 9.22 Å². The molecule has 0 amide bonds. The normalized spacial score (nSPS) is 33.8. The van der Waals surface area contributed by atoms with Gasteiger partial charge >= 0.3 is 0 Å². The van der Waals surface area contributed by atoms with Gasteiger partial charge in [0.15, 0.2) is 14.1 Å². The fourth-order valence-corrected chi connectivity index (χ4v) is 6.60. The predicted molar refractivity (Wildman–Crippen MR) is 118 cm³/mol. The van der Waals surface area contributed by atoms with Gasteiger partial charge in [-0.2, -0.15) is 0 Å². The number of hydrogen-bond donors (Lipinski definition) is 1. The summed E-state index contributed by atoms with van der Waals surface area (Å²) < 4.78 is 6.91. The van der Waals surface area contributed by atoms with E-state index in [1.165, 1.54) is 17.6 Å². The van der Waals surface area contributed by atoms with Gasteiger partial charge < -0.3 is 9.53 Å². The molecule has 0 saturated carbocycles. The average Bonchev–Trinajstić information content (AvgIpc) is 2.56. The van der Waals surface area contributed by atoms with Gasteiger partial charge in [-0.3, -0.25) is 4.79 Å². The SMILES string of the molecule is CC1=C[C@H](O[Si](C)(C)C(C)(C)C)[C@H]2CC3=C(CCCC3)CC(=O)[C@]1(O)C2(C)C. The van der Waals surface area contributed by atoms with Crippen LogP contribution in [0.15, 0.2) is 22.8 Å². The number of ketones is 1. The van der Waals surface area contributed by atoms with Gasteiger partial charge in [-0.1, -0.05) is 51.8 Å². The van der Waals surface area contributed by atoms with Crippen molar-refractivity contribution >= 4 is 14.1 Å². The highest BCUT2D eigenvalue weighted by Gasteiger charge is 2.60. The molecule has 3 atom stereocenters. The Bertz CT molecular complexity index is 723. The van der Waals surface area contributed by atoms with Crippen molar-refractivity contribution in [2.24, 2.45) is 11.3 Å². The van der Waals surface area contributed by atoms with Crippen LogP contribution in [0.25, 0.3) is 0 Å². The van der Waals surface area contributed by atoms with Gasteiger partial charge in [0, 0.05) is 11.8 Å². The molecule has 28 heavy (non-hydrogen) atoms. The van der Waals surface area contributed by atoms with Crippen molar-refractivity contribution in [3.05, 3.63) is 22.8 Å². The summed E-state index contributed by atoms with van der Waals surface area (Å²) >= 11 is 0. The Morgan fingerprint density at radius 1 is 1.14 bits per heavy atom. The lowest BCUT2D eigenvalue weighted by Gasteiger charge is -2.55. The Hall–Kier alpha value is -0.713.